The molecule has 0 aromatic heterocycles. The van der Waals surface area contributed by atoms with E-state index in [0.717, 1.165) is 44.8 Å². The lowest BCUT2D eigenvalue weighted by Gasteiger charge is -2.26. The Bertz CT molecular complexity index is 1130. The number of rotatable bonds is 8. The van der Waals surface area contributed by atoms with Gasteiger partial charge in [0.25, 0.3) is 5.91 Å². The van der Waals surface area contributed by atoms with Crippen molar-refractivity contribution in [2.75, 3.05) is 51.3 Å². The Hall–Kier alpha value is -2.43. The number of anilines is 1. The Labute approximate surface area is 198 Å². The van der Waals surface area contributed by atoms with E-state index in [9.17, 15) is 13.2 Å². The molecule has 1 amide bonds. The van der Waals surface area contributed by atoms with E-state index in [1.807, 2.05) is 0 Å². The second kappa shape index (κ2) is 10.7. The van der Waals surface area contributed by atoms with Crippen molar-refractivity contribution >= 4 is 39.3 Å². The largest absolute Gasteiger partial charge is 0.488 e. The molecule has 33 heavy (non-hydrogen) atoms. The van der Waals surface area contributed by atoms with Crippen molar-refractivity contribution in [3.63, 3.8) is 0 Å². The molecule has 0 spiro atoms. The third-order valence-corrected chi connectivity index (χ3v) is 7.16. The quantitative estimate of drug-likeness (QED) is 0.551. The fraction of sp³-hybridized carbons (Fsp3) is 0.348. The topological polar surface area (TPSA) is 97.0 Å². The van der Waals surface area contributed by atoms with E-state index < -0.39 is 10.0 Å². The molecule has 2 N–H and O–H groups in total. The second-order valence-corrected chi connectivity index (χ2v) is 10.0. The first-order valence-corrected chi connectivity index (χ1v) is 12.6. The van der Waals surface area contributed by atoms with Crippen LogP contribution >= 0.6 is 11.6 Å². The van der Waals surface area contributed by atoms with Crippen LogP contribution in [-0.2, 0) is 19.6 Å². The molecule has 8 nitrogen and oxygen atoms in total. The zero-order chi connectivity index (χ0) is 23.3. The zero-order valence-corrected chi connectivity index (χ0v) is 19.6. The SMILES string of the molecule is O=C(Nc1ccc(S(=O)(=O)NCCCN2CCOCC2)cc1)C1=Cc2cc(Cl)ccc2OC1. The molecular formula is C23H26ClN3O5S. The fourth-order valence-electron chi connectivity index (χ4n) is 3.63. The first kappa shape index (κ1) is 23.7. The predicted octanol–water partition coefficient (Wildman–Crippen LogP) is 2.76. The van der Waals surface area contributed by atoms with Crippen LogP contribution in [0.1, 0.15) is 12.0 Å². The van der Waals surface area contributed by atoms with Crippen LogP contribution in [0.2, 0.25) is 5.02 Å². The summed E-state index contributed by atoms with van der Waals surface area (Å²) in [6.45, 7) is 4.53. The number of morpholine rings is 1. The van der Waals surface area contributed by atoms with Gasteiger partial charge in [-0.2, -0.15) is 0 Å². The van der Waals surface area contributed by atoms with Gasteiger partial charge in [0, 0.05) is 35.9 Å². The van der Waals surface area contributed by atoms with Crippen molar-refractivity contribution in [2.24, 2.45) is 0 Å². The van der Waals surface area contributed by atoms with Crippen molar-refractivity contribution < 1.29 is 22.7 Å². The highest BCUT2D eigenvalue weighted by Crippen LogP contribution is 2.29. The van der Waals surface area contributed by atoms with Crippen molar-refractivity contribution in [3.8, 4) is 5.75 Å². The highest BCUT2D eigenvalue weighted by atomic mass is 35.5. The smallest absolute Gasteiger partial charge is 0.255 e. The minimum atomic E-state index is -3.62. The van der Waals surface area contributed by atoms with Crippen molar-refractivity contribution in [2.45, 2.75) is 11.3 Å². The molecule has 0 radical (unpaired) electrons. The maximum Gasteiger partial charge on any atom is 0.255 e. The zero-order valence-electron chi connectivity index (χ0n) is 18.1. The number of carbonyl (C=O) groups excluding carboxylic acids is 1. The van der Waals surface area contributed by atoms with E-state index in [4.69, 9.17) is 21.1 Å². The van der Waals surface area contributed by atoms with Crippen LogP contribution < -0.4 is 14.8 Å². The third-order valence-electron chi connectivity index (χ3n) is 5.45. The predicted molar refractivity (Wildman–Crippen MR) is 127 cm³/mol. The summed E-state index contributed by atoms with van der Waals surface area (Å²) >= 11 is 6.01. The number of nitrogens with zero attached hydrogens (tertiary/aromatic N) is 1. The summed E-state index contributed by atoms with van der Waals surface area (Å²) in [4.78, 5) is 15.0. The van der Waals surface area contributed by atoms with Gasteiger partial charge in [-0.1, -0.05) is 11.6 Å². The van der Waals surface area contributed by atoms with Crippen LogP contribution in [-0.4, -0.2) is 65.2 Å². The Morgan fingerprint density at radius 2 is 1.85 bits per heavy atom. The normalized spacial score (nSPS) is 16.5. The molecule has 10 heteroatoms. The van der Waals surface area contributed by atoms with Gasteiger partial charge >= 0.3 is 0 Å². The lowest BCUT2D eigenvalue weighted by Crippen LogP contribution is -2.38. The number of carbonyl (C=O) groups is 1. The van der Waals surface area contributed by atoms with Gasteiger partial charge in [0.05, 0.1) is 23.7 Å². The van der Waals surface area contributed by atoms with E-state index in [0.29, 0.717) is 28.6 Å². The van der Waals surface area contributed by atoms with Gasteiger partial charge in [-0.05, 0) is 61.5 Å². The highest BCUT2D eigenvalue weighted by molar-refractivity contribution is 7.89. The monoisotopic (exact) mass is 491 g/mol. The molecule has 2 aromatic carbocycles. The minimum absolute atomic E-state index is 0.140. The van der Waals surface area contributed by atoms with Crippen molar-refractivity contribution in [1.29, 1.82) is 0 Å². The lowest BCUT2D eigenvalue weighted by molar-refractivity contribution is -0.113. The molecule has 2 aliphatic heterocycles. The molecule has 0 bridgehead atoms. The molecule has 2 heterocycles. The number of benzene rings is 2. The fourth-order valence-corrected chi connectivity index (χ4v) is 4.88. The summed E-state index contributed by atoms with van der Waals surface area (Å²) in [5, 5.41) is 3.33. The molecule has 2 aliphatic rings. The average molecular weight is 492 g/mol. The first-order valence-electron chi connectivity index (χ1n) is 10.7. The lowest BCUT2D eigenvalue weighted by atomic mass is 10.1. The Morgan fingerprint density at radius 1 is 1.09 bits per heavy atom. The van der Waals surface area contributed by atoms with E-state index in [1.165, 1.54) is 12.1 Å². The maximum atomic E-state index is 12.6. The maximum absolute atomic E-state index is 12.6. The van der Waals surface area contributed by atoms with E-state index in [1.54, 1.807) is 36.4 Å². The van der Waals surface area contributed by atoms with Crippen LogP contribution in [0.4, 0.5) is 5.69 Å². The summed E-state index contributed by atoms with van der Waals surface area (Å²) < 4.78 is 38.6. The molecular weight excluding hydrogens is 466 g/mol. The number of hydrogen-bond donors (Lipinski definition) is 2. The van der Waals surface area contributed by atoms with Crippen LogP contribution in [0.3, 0.4) is 0 Å². The Balaban J connectivity index is 1.30. The molecule has 1 saturated heterocycles. The first-order chi connectivity index (χ1) is 15.9. The van der Waals surface area contributed by atoms with E-state index >= 15 is 0 Å². The van der Waals surface area contributed by atoms with Gasteiger partial charge in [0.2, 0.25) is 10.0 Å². The summed E-state index contributed by atoms with van der Waals surface area (Å²) in [6, 6.07) is 11.3. The third kappa shape index (κ3) is 6.33. The average Bonchev–Trinajstić information content (AvgIpc) is 2.82. The van der Waals surface area contributed by atoms with Crippen molar-refractivity contribution in [1.82, 2.24) is 9.62 Å². The molecule has 0 atom stereocenters. The highest BCUT2D eigenvalue weighted by Gasteiger charge is 2.19. The second-order valence-electron chi connectivity index (χ2n) is 7.82. The molecule has 1 fully saturated rings. The number of fused-ring (bicyclic) bond motifs is 1. The number of nitrogens with one attached hydrogen (secondary N) is 2. The van der Waals surface area contributed by atoms with Crippen LogP contribution in [0.5, 0.6) is 5.75 Å². The number of halogens is 1. The van der Waals surface area contributed by atoms with E-state index in [-0.39, 0.29) is 17.4 Å². The standard InChI is InChI=1S/C23H26ClN3O5S/c24-19-2-7-22-17(15-19)14-18(16-32-22)23(28)26-20-3-5-21(6-4-20)33(29,30)25-8-1-9-27-10-12-31-13-11-27/h2-7,14-15,25H,1,8-13,16H2,(H,26,28). The van der Waals surface area contributed by atoms with Gasteiger partial charge in [0.15, 0.2) is 0 Å². The van der Waals surface area contributed by atoms with Crippen LogP contribution in [0.15, 0.2) is 52.9 Å². The molecule has 0 saturated carbocycles. The Morgan fingerprint density at radius 3 is 2.61 bits per heavy atom. The summed E-state index contributed by atoms with van der Waals surface area (Å²) in [5.41, 5.74) is 1.67. The van der Waals surface area contributed by atoms with Gasteiger partial charge in [0.1, 0.15) is 12.4 Å². The van der Waals surface area contributed by atoms with Gasteiger partial charge < -0.3 is 14.8 Å². The minimum Gasteiger partial charge on any atom is -0.488 e. The van der Waals surface area contributed by atoms with E-state index in [2.05, 4.69) is 14.9 Å². The molecule has 0 aliphatic carbocycles. The molecule has 2 aromatic rings. The number of hydrogen-bond acceptors (Lipinski definition) is 6. The van der Waals surface area contributed by atoms with Crippen LogP contribution in [0.25, 0.3) is 6.08 Å². The summed E-state index contributed by atoms with van der Waals surface area (Å²) in [7, 11) is -3.62. The molecule has 4 rings (SSSR count). The van der Waals surface area contributed by atoms with Gasteiger partial charge in [-0.25, -0.2) is 13.1 Å². The van der Waals surface area contributed by atoms with Crippen LogP contribution in [0, 0.1) is 0 Å². The Kier molecular flexibility index (Phi) is 7.67. The van der Waals surface area contributed by atoms with Gasteiger partial charge in [-0.15, -0.1) is 0 Å². The summed E-state index contributed by atoms with van der Waals surface area (Å²) in [5.74, 6) is 0.348. The van der Waals surface area contributed by atoms with Crippen molar-refractivity contribution in [3.05, 3.63) is 58.6 Å². The molecule has 176 valence electrons. The number of ether oxygens (including phenoxy) is 2. The molecule has 0 unspecified atom stereocenters. The van der Waals surface area contributed by atoms with Gasteiger partial charge in [-0.3, -0.25) is 9.69 Å². The number of amides is 1. The summed E-state index contributed by atoms with van der Waals surface area (Å²) in [6.07, 6.45) is 2.46. The number of sulfonamides is 1.